The van der Waals surface area contributed by atoms with Crippen molar-refractivity contribution in [3.63, 3.8) is 0 Å². The lowest BCUT2D eigenvalue weighted by atomic mass is 9.80. The maximum atomic E-state index is 15.4. The Balaban J connectivity index is 1.45. The van der Waals surface area contributed by atoms with Gasteiger partial charge in [0.25, 0.3) is 15.9 Å². The number of ether oxygens (including phenoxy) is 2. The van der Waals surface area contributed by atoms with Gasteiger partial charge in [0.1, 0.15) is 11.5 Å². The lowest BCUT2D eigenvalue weighted by molar-refractivity contribution is -0.138. The molecule has 3 aliphatic heterocycles. The molecule has 0 N–H and O–H groups in total. The van der Waals surface area contributed by atoms with Crippen LogP contribution < -0.4 is 13.8 Å². The number of likely N-dealkylation sites (N-methyl/N-ethyl adjacent to an activating group) is 2. The van der Waals surface area contributed by atoms with Crippen molar-refractivity contribution < 1.29 is 27.5 Å². The molecule has 2 saturated heterocycles. The molecule has 14 heteroatoms. The molecule has 3 aliphatic rings. The summed E-state index contributed by atoms with van der Waals surface area (Å²) < 4.78 is 41.9. The van der Waals surface area contributed by atoms with E-state index in [0.29, 0.717) is 48.6 Å². The standard InChI is InChI=1S/C37H43ClN6O6S/c1-40(2)35(45)33-7-5-17-43(33)37(30-14-11-28(24-34(30)49-4)50-22-6-16-42-20-18-41(3)19-21-42)31-23-27(38)10-15-32(31)44(36(37)46)51(47,48)29-12-8-26(25-39)9-13-29/h8-15,23-24,33H,5-7,16-22H2,1-4H3/t33?,37-/m1/s1. The molecule has 0 saturated carbocycles. The van der Waals surface area contributed by atoms with Crippen LogP contribution in [0, 0.1) is 11.3 Å². The van der Waals surface area contributed by atoms with Gasteiger partial charge in [0.15, 0.2) is 5.54 Å². The highest BCUT2D eigenvalue weighted by atomic mass is 35.5. The Hall–Kier alpha value is -4.19. The fraction of sp³-hybridized carbons (Fsp3) is 0.432. The second-order valence-corrected chi connectivity index (χ2v) is 15.6. The van der Waals surface area contributed by atoms with Gasteiger partial charge in [0, 0.05) is 75.6 Å². The third kappa shape index (κ3) is 6.67. The van der Waals surface area contributed by atoms with E-state index in [-0.39, 0.29) is 27.1 Å². The fourth-order valence-corrected chi connectivity index (χ4v) is 9.05. The van der Waals surface area contributed by atoms with Crippen molar-refractivity contribution in [3.05, 3.63) is 82.4 Å². The number of benzene rings is 3. The number of carbonyl (C=O) groups excluding carboxylic acids is 2. The van der Waals surface area contributed by atoms with E-state index >= 15 is 4.79 Å². The molecule has 0 spiro atoms. The number of nitrogens with zero attached hydrogens (tertiary/aromatic N) is 6. The minimum Gasteiger partial charge on any atom is -0.496 e. The van der Waals surface area contributed by atoms with E-state index in [2.05, 4.69) is 16.8 Å². The fourth-order valence-electron chi connectivity index (χ4n) is 7.42. The first kappa shape index (κ1) is 36.6. The first-order valence-corrected chi connectivity index (χ1v) is 18.9. The number of amides is 2. The smallest absolute Gasteiger partial charge is 0.271 e. The molecule has 3 aromatic carbocycles. The number of hydrogen-bond acceptors (Lipinski definition) is 10. The quantitative estimate of drug-likeness (QED) is 0.269. The van der Waals surface area contributed by atoms with E-state index in [0.717, 1.165) is 43.4 Å². The Kier molecular flexibility index (Phi) is 10.6. The summed E-state index contributed by atoms with van der Waals surface area (Å²) in [6.07, 6.45) is 1.88. The van der Waals surface area contributed by atoms with Gasteiger partial charge in [0.2, 0.25) is 5.91 Å². The molecule has 6 rings (SSSR count). The van der Waals surface area contributed by atoms with Crippen LogP contribution in [0.25, 0.3) is 0 Å². The van der Waals surface area contributed by atoms with Crippen molar-refractivity contribution in [2.75, 3.05) is 78.4 Å². The van der Waals surface area contributed by atoms with E-state index < -0.39 is 27.5 Å². The Bertz CT molecular complexity index is 1940. The van der Waals surface area contributed by atoms with Gasteiger partial charge in [-0.05, 0) is 80.9 Å². The number of anilines is 1. The SMILES string of the molecule is COc1cc(OCCCN2CCN(C)CC2)ccc1[C@]1(N2CCCC2C(=O)N(C)C)C(=O)N(S(=O)(=O)c2ccc(C#N)cc2)c2ccc(Cl)cc21. The molecule has 12 nitrogen and oxygen atoms in total. The Labute approximate surface area is 304 Å². The predicted octanol–water partition coefficient (Wildman–Crippen LogP) is 3.77. The molecule has 3 heterocycles. The van der Waals surface area contributed by atoms with Crippen LogP contribution in [0.15, 0.2) is 65.6 Å². The van der Waals surface area contributed by atoms with Crippen LogP contribution in [0.4, 0.5) is 5.69 Å². The van der Waals surface area contributed by atoms with Gasteiger partial charge in [-0.25, -0.2) is 12.7 Å². The Morgan fingerprint density at radius 3 is 2.41 bits per heavy atom. The maximum Gasteiger partial charge on any atom is 0.271 e. The van der Waals surface area contributed by atoms with E-state index in [4.69, 9.17) is 21.1 Å². The van der Waals surface area contributed by atoms with Crippen LogP contribution in [-0.2, 0) is 25.2 Å². The van der Waals surface area contributed by atoms with Gasteiger partial charge >= 0.3 is 0 Å². The monoisotopic (exact) mass is 734 g/mol. The zero-order valence-corrected chi connectivity index (χ0v) is 30.9. The molecular formula is C37H43ClN6O6S. The summed E-state index contributed by atoms with van der Waals surface area (Å²) in [5.74, 6) is -0.172. The first-order valence-electron chi connectivity index (χ1n) is 17.0. The van der Waals surface area contributed by atoms with Gasteiger partial charge < -0.3 is 24.2 Å². The Morgan fingerprint density at radius 1 is 1.02 bits per heavy atom. The molecule has 270 valence electrons. The average molecular weight is 735 g/mol. The van der Waals surface area contributed by atoms with Gasteiger partial charge in [-0.15, -0.1) is 0 Å². The van der Waals surface area contributed by atoms with Crippen LogP contribution in [-0.4, -0.2) is 120 Å². The molecular weight excluding hydrogens is 692 g/mol. The number of piperazine rings is 1. The van der Waals surface area contributed by atoms with Crippen molar-refractivity contribution in [2.24, 2.45) is 0 Å². The number of methoxy groups -OCH3 is 1. The second kappa shape index (κ2) is 14.8. The van der Waals surface area contributed by atoms with E-state index in [1.807, 2.05) is 6.07 Å². The first-order chi connectivity index (χ1) is 24.4. The molecule has 1 unspecified atom stereocenters. The third-order valence-corrected chi connectivity index (χ3v) is 12.0. The van der Waals surface area contributed by atoms with Crippen molar-refractivity contribution in [2.45, 2.75) is 35.7 Å². The molecule has 0 aliphatic carbocycles. The highest BCUT2D eigenvalue weighted by molar-refractivity contribution is 7.93. The number of fused-ring (bicyclic) bond motifs is 1. The number of carbonyl (C=O) groups is 2. The van der Waals surface area contributed by atoms with Crippen LogP contribution in [0.3, 0.4) is 0 Å². The molecule has 0 bridgehead atoms. The van der Waals surface area contributed by atoms with Crippen LogP contribution >= 0.6 is 11.6 Å². The van der Waals surface area contributed by atoms with Crippen molar-refractivity contribution >= 4 is 39.1 Å². The average Bonchev–Trinajstić information content (AvgIpc) is 3.71. The van der Waals surface area contributed by atoms with E-state index in [9.17, 15) is 18.5 Å². The molecule has 2 amide bonds. The largest absolute Gasteiger partial charge is 0.496 e. The van der Waals surface area contributed by atoms with Crippen LogP contribution in [0.1, 0.15) is 36.0 Å². The van der Waals surface area contributed by atoms with E-state index in [1.165, 1.54) is 48.4 Å². The summed E-state index contributed by atoms with van der Waals surface area (Å²) in [6.45, 7) is 5.83. The molecule has 2 atom stereocenters. The van der Waals surface area contributed by atoms with Gasteiger partial charge in [-0.1, -0.05) is 11.6 Å². The lowest BCUT2D eigenvalue weighted by Crippen LogP contribution is -2.59. The highest BCUT2D eigenvalue weighted by Gasteiger charge is 2.63. The summed E-state index contributed by atoms with van der Waals surface area (Å²) >= 11 is 6.63. The zero-order valence-electron chi connectivity index (χ0n) is 29.3. The van der Waals surface area contributed by atoms with E-state index in [1.54, 1.807) is 43.3 Å². The number of rotatable bonds is 11. The second-order valence-electron chi connectivity index (χ2n) is 13.4. The number of nitriles is 1. The Morgan fingerprint density at radius 2 is 1.75 bits per heavy atom. The number of sulfonamides is 1. The van der Waals surface area contributed by atoms with Crippen molar-refractivity contribution in [1.82, 2.24) is 19.6 Å². The summed E-state index contributed by atoms with van der Waals surface area (Å²) in [5.41, 5.74) is -0.758. The third-order valence-electron chi connectivity index (χ3n) is 10.0. The summed E-state index contributed by atoms with van der Waals surface area (Å²) in [5, 5.41) is 9.61. The minimum absolute atomic E-state index is 0.114. The van der Waals surface area contributed by atoms with Crippen molar-refractivity contribution in [1.29, 1.82) is 5.26 Å². The summed E-state index contributed by atoms with van der Waals surface area (Å²) in [7, 11) is 2.41. The van der Waals surface area contributed by atoms with Gasteiger partial charge in [-0.2, -0.15) is 5.26 Å². The van der Waals surface area contributed by atoms with Crippen molar-refractivity contribution in [3.8, 4) is 17.6 Å². The molecule has 0 aromatic heterocycles. The number of hydrogen-bond donors (Lipinski definition) is 0. The molecule has 0 radical (unpaired) electrons. The molecule has 2 fully saturated rings. The normalized spacial score (nSPS) is 21.4. The molecule has 3 aromatic rings. The van der Waals surface area contributed by atoms with Gasteiger partial charge in [0.05, 0.1) is 42.0 Å². The minimum atomic E-state index is -4.52. The lowest BCUT2D eigenvalue weighted by Gasteiger charge is -2.42. The highest BCUT2D eigenvalue weighted by Crippen LogP contribution is 2.55. The predicted molar refractivity (Wildman–Crippen MR) is 194 cm³/mol. The molecule has 51 heavy (non-hydrogen) atoms. The van der Waals surface area contributed by atoms with Gasteiger partial charge in [-0.3, -0.25) is 14.5 Å². The number of likely N-dealkylation sites (tertiary alicyclic amines) is 1. The summed E-state index contributed by atoms with van der Waals surface area (Å²) in [6, 6.07) is 16.5. The van der Waals surface area contributed by atoms with Crippen LogP contribution in [0.2, 0.25) is 5.02 Å². The van der Waals surface area contributed by atoms with Crippen LogP contribution in [0.5, 0.6) is 11.5 Å². The topological polar surface area (TPSA) is 127 Å². The number of halogens is 1. The maximum absolute atomic E-state index is 15.4. The zero-order chi connectivity index (χ0) is 36.5. The summed E-state index contributed by atoms with van der Waals surface area (Å²) in [4.78, 5) is 37.0.